The van der Waals surface area contributed by atoms with E-state index in [0.717, 1.165) is 84.3 Å². The molecule has 85 heavy (non-hydrogen) atoms. The van der Waals surface area contributed by atoms with Crippen molar-refractivity contribution in [1.82, 2.24) is 30.1 Å². The zero-order chi connectivity index (χ0) is 60.6. The van der Waals surface area contributed by atoms with Crippen LogP contribution in [-0.2, 0) is 29.1 Å². The lowest BCUT2D eigenvalue weighted by Crippen LogP contribution is -2.57. The number of nitrogens with zero attached hydrogens (tertiary/aromatic N) is 5. The number of carbonyl (C=O) groups is 3. The Morgan fingerprint density at radius 3 is 2.06 bits per heavy atom. The molecule has 2 fully saturated rings. The standard InChI is InChI=1S/C64H76F3N7O9S2/c1-41(43-16-18-46(19-17-43)59-42(2)69-40-84-59)70-61(78)52-35-50(76)37-73(52)62(79)60(63(3,4)5)71-55(77)15-13-11-9-7-6-8-10-12-14-34-82-51-30-26-48(27-31-51)74(38-64(65,66)67)85(80,81)54-36-53-56(44-22-28-49(75)29-23-44)57(58(54)83-53)45-20-24-47(25-21-45)72-33-32-68-39-72/h16-33,39-41,50,52-54,58,60,75-76H,6-15,34-38H2,1-5H3,(H,70,78)(H,71,77)/t41-,50+,52-,53?,54?,58?,60+/m0/s1. The fourth-order valence-electron chi connectivity index (χ4n) is 11.7. The van der Waals surface area contributed by atoms with Gasteiger partial charge in [0.15, 0.2) is 0 Å². The monoisotopic (exact) mass is 1210 g/mol. The molecule has 7 atom stereocenters. The SMILES string of the molecule is Cc1ncsc1-c1ccc([C@H](C)NC(=O)[C@@H]2C[C@@H](O)CN2C(=O)[C@@H](NC(=O)CCCCCCCCCCCOc2ccc(N(CC(F)(F)F)S(=O)(=O)C3CC4OC3C(c3ccc(-n5ccnc5)cc3)=C4c3ccc(O)cc3)cc2)C(C)(C)C)cc1. The van der Waals surface area contributed by atoms with E-state index in [9.17, 15) is 46.2 Å². The van der Waals surface area contributed by atoms with Crippen LogP contribution >= 0.6 is 11.3 Å². The minimum Gasteiger partial charge on any atom is -0.508 e. The van der Waals surface area contributed by atoms with Gasteiger partial charge in [0.25, 0.3) is 0 Å². The van der Waals surface area contributed by atoms with Gasteiger partial charge in [0.2, 0.25) is 27.7 Å². The van der Waals surface area contributed by atoms with Crippen molar-refractivity contribution >= 4 is 55.9 Å². The average Bonchev–Trinajstić information content (AvgIpc) is 1.79. The smallest absolute Gasteiger partial charge is 0.407 e. The number of aliphatic hydroxyl groups excluding tert-OH is 1. The number of aromatic nitrogens is 3. The predicted octanol–water partition coefficient (Wildman–Crippen LogP) is 11.5. The lowest BCUT2D eigenvalue weighted by molar-refractivity contribution is -0.144. The lowest BCUT2D eigenvalue weighted by Gasteiger charge is -2.35. The Bertz CT molecular complexity index is 3370. The van der Waals surface area contributed by atoms with Gasteiger partial charge < -0.3 is 39.8 Å². The molecule has 3 amide bonds. The van der Waals surface area contributed by atoms with Crippen LogP contribution in [0.5, 0.6) is 11.5 Å². The number of fused-ring (bicyclic) bond motifs is 2. The maximum absolute atomic E-state index is 14.6. The van der Waals surface area contributed by atoms with Crippen LogP contribution in [0.2, 0.25) is 0 Å². The molecule has 4 aromatic carbocycles. The summed E-state index contributed by atoms with van der Waals surface area (Å²) in [6.45, 7) is 8.09. The van der Waals surface area contributed by atoms with Gasteiger partial charge in [0.1, 0.15) is 41.5 Å². The molecule has 0 spiro atoms. The first kappa shape index (κ1) is 62.5. The summed E-state index contributed by atoms with van der Waals surface area (Å²) in [6, 6.07) is 25.3. The molecule has 6 aromatic rings. The number of ether oxygens (including phenoxy) is 2. The van der Waals surface area contributed by atoms with Gasteiger partial charge >= 0.3 is 6.18 Å². The number of hydrogen-bond acceptors (Lipinski definition) is 12. The third-order valence-corrected chi connectivity index (χ3v) is 19.3. The maximum Gasteiger partial charge on any atom is 0.407 e. The summed E-state index contributed by atoms with van der Waals surface area (Å²) in [4.78, 5) is 52.1. The zero-order valence-electron chi connectivity index (χ0n) is 48.6. The van der Waals surface area contributed by atoms with Crippen LogP contribution in [0.3, 0.4) is 0 Å². The van der Waals surface area contributed by atoms with Gasteiger partial charge in [-0.25, -0.2) is 18.4 Å². The number of benzene rings is 4. The van der Waals surface area contributed by atoms with Gasteiger partial charge in [-0.1, -0.05) is 114 Å². The number of nitrogens with one attached hydrogen (secondary N) is 2. The van der Waals surface area contributed by atoms with Crippen LogP contribution in [-0.4, -0.2) is 117 Å². The summed E-state index contributed by atoms with van der Waals surface area (Å²) in [7, 11) is -4.68. The first-order valence-electron chi connectivity index (χ1n) is 29.2. The number of sulfonamides is 1. The highest BCUT2D eigenvalue weighted by Gasteiger charge is 2.55. The molecular formula is C64H76F3N7O9S2. The number of imidazole rings is 1. The Morgan fingerprint density at radius 1 is 0.824 bits per heavy atom. The van der Waals surface area contributed by atoms with Crippen molar-refractivity contribution in [1.29, 1.82) is 0 Å². The van der Waals surface area contributed by atoms with Crippen molar-refractivity contribution < 1.29 is 55.7 Å². The molecule has 4 N–H and O–H groups in total. The minimum absolute atomic E-state index is 0.00652. The highest BCUT2D eigenvalue weighted by atomic mass is 32.2. The summed E-state index contributed by atoms with van der Waals surface area (Å²) < 4.78 is 86.6. The number of phenols is 1. The van der Waals surface area contributed by atoms with E-state index in [1.165, 1.54) is 41.3 Å². The number of halogens is 3. The van der Waals surface area contributed by atoms with Crippen LogP contribution in [0.25, 0.3) is 27.3 Å². The van der Waals surface area contributed by atoms with E-state index in [-0.39, 0.29) is 55.1 Å². The number of aryl methyl sites for hydroxylation is 1. The third kappa shape index (κ3) is 15.3. The minimum atomic E-state index is -4.85. The highest BCUT2D eigenvalue weighted by molar-refractivity contribution is 7.93. The van der Waals surface area contributed by atoms with Crippen LogP contribution in [0.15, 0.2) is 121 Å². The molecule has 3 unspecified atom stereocenters. The number of phenolic OH excluding ortho intramolecular Hbond substituents is 1. The Hall–Kier alpha value is -7.07. The molecule has 3 aliphatic rings. The van der Waals surface area contributed by atoms with Crippen LogP contribution in [0.4, 0.5) is 18.9 Å². The second kappa shape index (κ2) is 27.1. The van der Waals surface area contributed by atoms with Crippen LogP contribution < -0.4 is 19.7 Å². The van der Waals surface area contributed by atoms with E-state index >= 15 is 0 Å². The summed E-state index contributed by atoms with van der Waals surface area (Å²) in [6.07, 6.45) is 5.95. The quantitative estimate of drug-likeness (QED) is 0.0376. The molecule has 2 saturated heterocycles. The molecule has 454 valence electrons. The van der Waals surface area contributed by atoms with E-state index < -0.39 is 69.7 Å². The fraction of sp³-hybridized carbons (Fsp3) is 0.453. The number of aliphatic hydroxyl groups is 1. The Morgan fingerprint density at radius 2 is 1.45 bits per heavy atom. The number of amides is 3. The average molecular weight is 1210 g/mol. The van der Waals surface area contributed by atoms with Crippen molar-refractivity contribution in [3.8, 4) is 27.6 Å². The number of anilines is 1. The predicted molar refractivity (Wildman–Crippen MR) is 322 cm³/mol. The Balaban J connectivity index is 0.689. The Kier molecular flexibility index (Phi) is 19.9. The first-order valence-corrected chi connectivity index (χ1v) is 31.6. The number of likely N-dealkylation sites (tertiary alicyclic amines) is 1. The van der Waals surface area contributed by atoms with E-state index in [4.69, 9.17) is 9.47 Å². The third-order valence-electron chi connectivity index (χ3n) is 16.2. The molecule has 16 nitrogen and oxygen atoms in total. The van der Waals surface area contributed by atoms with Gasteiger partial charge in [-0.15, -0.1) is 11.3 Å². The number of rotatable bonds is 26. The normalized spacial score (nSPS) is 19.5. The maximum atomic E-state index is 14.6. The number of alkyl halides is 3. The fourth-order valence-corrected chi connectivity index (χ4v) is 14.5. The van der Waals surface area contributed by atoms with Crippen molar-refractivity contribution in [3.05, 3.63) is 144 Å². The van der Waals surface area contributed by atoms with Gasteiger partial charge in [-0.3, -0.25) is 18.7 Å². The van der Waals surface area contributed by atoms with Crippen LogP contribution in [0.1, 0.15) is 133 Å². The van der Waals surface area contributed by atoms with Gasteiger partial charge in [-0.2, -0.15) is 13.2 Å². The lowest BCUT2D eigenvalue weighted by atomic mass is 9.83. The topological polar surface area (TPSA) is 206 Å². The molecule has 2 aromatic heterocycles. The molecule has 0 saturated carbocycles. The second-order valence-corrected chi connectivity index (χ2v) is 26.5. The zero-order valence-corrected chi connectivity index (χ0v) is 50.3. The molecular weight excluding hydrogens is 1130 g/mol. The molecule has 5 heterocycles. The van der Waals surface area contributed by atoms with Gasteiger partial charge in [-0.05, 0) is 120 Å². The largest absolute Gasteiger partial charge is 0.508 e. The van der Waals surface area contributed by atoms with Gasteiger partial charge in [0.05, 0.1) is 53.0 Å². The molecule has 2 bridgehead atoms. The molecule has 9 rings (SSSR count). The molecule has 0 radical (unpaired) electrons. The number of aromatic hydroxyl groups is 1. The van der Waals surface area contributed by atoms with Crippen molar-refractivity contribution in [2.45, 2.75) is 160 Å². The number of carbonyl (C=O) groups excluding carboxylic acids is 3. The van der Waals surface area contributed by atoms with Crippen molar-refractivity contribution in [3.63, 3.8) is 0 Å². The second-order valence-electron chi connectivity index (χ2n) is 23.5. The number of β-amino-alcohol motifs (C(OH)–C–C–N with tert-alkyl or cyclic N) is 1. The van der Waals surface area contributed by atoms with E-state index in [1.807, 2.05) is 93.2 Å². The summed E-state index contributed by atoms with van der Waals surface area (Å²) in [5.41, 5.74) is 7.35. The van der Waals surface area contributed by atoms with Gasteiger partial charge in [0, 0.05) is 37.5 Å². The molecule has 21 heteroatoms. The number of hydrogen-bond donors (Lipinski definition) is 4. The summed E-state index contributed by atoms with van der Waals surface area (Å²) in [5.74, 6) is -0.551. The summed E-state index contributed by atoms with van der Waals surface area (Å²) >= 11 is 1.57. The summed E-state index contributed by atoms with van der Waals surface area (Å²) in [5, 5.41) is 25.4. The van der Waals surface area contributed by atoms with Crippen molar-refractivity contribution in [2.24, 2.45) is 5.41 Å². The number of thiazole rings is 1. The Labute approximate surface area is 499 Å². The van der Waals surface area contributed by atoms with E-state index in [2.05, 4.69) is 20.6 Å². The van der Waals surface area contributed by atoms with E-state index in [0.29, 0.717) is 39.8 Å². The number of unbranched alkanes of at least 4 members (excludes halogenated alkanes) is 8. The van der Waals surface area contributed by atoms with E-state index in [1.54, 1.807) is 42.2 Å². The molecule has 3 aliphatic heterocycles. The van der Waals surface area contributed by atoms with Crippen LogP contribution in [0, 0.1) is 12.3 Å². The molecule has 0 aliphatic carbocycles. The highest BCUT2D eigenvalue weighted by Crippen LogP contribution is 2.52. The van der Waals surface area contributed by atoms with Crippen molar-refractivity contribution in [2.75, 3.05) is 24.0 Å². The first-order chi connectivity index (χ1) is 40.5.